The highest BCUT2D eigenvalue weighted by Gasteiger charge is 2.14. The van der Waals surface area contributed by atoms with Gasteiger partial charge in [-0.25, -0.2) is 13.4 Å². The maximum atomic E-state index is 12.3. The van der Waals surface area contributed by atoms with Crippen molar-refractivity contribution in [2.75, 3.05) is 16.7 Å². The Balaban J connectivity index is 1.78. The van der Waals surface area contributed by atoms with Crippen molar-refractivity contribution in [3.63, 3.8) is 0 Å². The van der Waals surface area contributed by atoms with Crippen LogP contribution >= 0.6 is 0 Å². The molecule has 0 unspecified atom stereocenters. The molecule has 0 fully saturated rings. The molecule has 3 aromatic rings. The van der Waals surface area contributed by atoms with Crippen molar-refractivity contribution in [2.24, 2.45) is 0 Å². The first-order chi connectivity index (χ1) is 11.6. The largest absolute Gasteiger partial charge is 0.329 e. The first kappa shape index (κ1) is 16.0. The van der Waals surface area contributed by atoms with E-state index in [1.165, 1.54) is 6.20 Å². The van der Waals surface area contributed by atoms with E-state index in [4.69, 9.17) is 0 Å². The van der Waals surface area contributed by atoms with Gasteiger partial charge in [-0.1, -0.05) is 36.4 Å². The molecule has 6 heteroatoms. The maximum Gasteiger partial charge on any atom is 0.261 e. The zero-order valence-corrected chi connectivity index (χ0v) is 13.9. The summed E-state index contributed by atoms with van der Waals surface area (Å²) in [7, 11) is -1.69. The Labute approximate surface area is 141 Å². The van der Waals surface area contributed by atoms with Crippen molar-refractivity contribution in [3.05, 3.63) is 79.0 Å². The molecule has 0 amide bonds. The Bertz CT molecular complexity index is 896. The van der Waals surface area contributed by atoms with Crippen LogP contribution in [0.3, 0.4) is 0 Å². The predicted octanol–water partition coefficient (Wildman–Crippen LogP) is 3.65. The number of sulfonamides is 1. The molecule has 0 aliphatic heterocycles. The zero-order valence-electron chi connectivity index (χ0n) is 13.1. The van der Waals surface area contributed by atoms with Crippen LogP contribution < -0.4 is 9.62 Å². The van der Waals surface area contributed by atoms with E-state index in [0.29, 0.717) is 5.69 Å². The van der Waals surface area contributed by atoms with Crippen molar-refractivity contribution in [1.82, 2.24) is 4.98 Å². The molecule has 122 valence electrons. The predicted molar refractivity (Wildman–Crippen MR) is 96.0 cm³/mol. The van der Waals surface area contributed by atoms with Crippen molar-refractivity contribution >= 4 is 27.2 Å². The van der Waals surface area contributed by atoms with E-state index >= 15 is 0 Å². The fourth-order valence-electron chi connectivity index (χ4n) is 2.24. The third-order valence-electron chi connectivity index (χ3n) is 3.54. The quantitative estimate of drug-likeness (QED) is 0.771. The molecule has 0 radical (unpaired) electrons. The number of benzene rings is 2. The number of hydrogen-bond donors (Lipinski definition) is 1. The van der Waals surface area contributed by atoms with E-state index in [0.717, 1.165) is 11.5 Å². The molecule has 3 rings (SSSR count). The van der Waals surface area contributed by atoms with Crippen molar-refractivity contribution in [1.29, 1.82) is 0 Å². The van der Waals surface area contributed by atoms with Crippen LogP contribution in [-0.2, 0) is 10.0 Å². The molecule has 1 N–H and O–H groups in total. The van der Waals surface area contributed by atoms with Gasteiger partial charge in [0, 0.05) is 12.7 Å². The lowest BCUT2D eigenvalue weighted by molar-refractivity contribution is 0.601. The van der Waals surface area contributed by atoms with Crippen molar-refractivity contribution in [2.45, 2.75) is 4.90 Å². The van der Waals surface area contributed by atoms with Gasteiger partial charge in [0.25, 0.3) is 10.0 Å². The van der Waals surface area contributed by atoms with Gasteiger partial charge < -0.3 is 4.90 Å². The van der Waals surface area contributed by atoms with E-state index in [1.54, 1.807) is 42.5 Å². The number of nitrogens with zero attached hydrogens (tertiary/aromatic N) is 2. The average molecular weight is 339 g/mol. The average Bonchev–Trinajstić information content (AvgIpc) is 2.63. The smallest absolute Gasteiger partial charge is 0.261 e. The van der Waals surface area contributed by atoms with Crippen LogP contribution in [0.5, 0.6) is 0 Å². The molecule has 1 heterocycles. The van der Waals surface area contributed by atoms with Gasteiger partial charge in [-0.15, -0.1) is 0 Å². The fraction of sp³-hybridized carbons (Fsp3) is 0.0556. The lowest BCUT2D eigenvalue weighted by atomic mass is 10.3. The summed E-state index contributed by atoms with van der Waals surface area (Å²) in [6.07, 6.45) is 1.51. The van der Waals surface area contributed by atoms with Crippen LogP contribution in [0.4, 0.5) is 17.2 Å². The van der Waals surface area contributed by atoms with Gasteiger partial charge >= 0.3 is 0 Å². The number of nitrogens with one attached hydrogen (secondary N) is 1. The second-order valence-corrected chi connectivity index (χ2v) is 6.90. The molecule has 1 aromatic heterocycles. The number of rotatable bonds is 5. The number of aromatic nitrogens is 1. The molecule has 24 heavy (non-hydrogen) atoms. The molecule has 0 spiro atoms. The Kier molecular flexibility index (Phi) is 4.48. The summed E-state index contributed by atoms with van der Waals surface area (Å²) in [4.78, 5) is 6.48. The van der Waals surface area contributed by atoms with Gasteiger partial charge in [0.2, 0.25) is 0 Å². The minimum atomic E-state index is -3.60. The second kappa shape index (κ2) is 6.72. The topological polar surface area (TPSA) is 62.3 Å². The zero-order chi connectivity index (χ0) is 17.0. The molecular formula is C18H17N3O2S. The highest BCUT2D eigenvalue weighted by molar-refractivity contribution is 7.92. The Morgan fingerprint density at radius 3 is 2.08 bits per heavy atom. The van der Waals surface area contributed by atoms with Gasteiger partial charge in [0.1, 0.15) is 5.82 Å². The molecule has 0 atom stereocenters. The van der Waals surface area contributed by atoms with Crippen LogP contribution in [0.2, 0.25) is 0 Å². The first-order valence-corrected chi connectivity index (χ1v) is 8.87. The minimum absolute atomic E-state index is 0.218. The molecule has 0 saturated carbocycles. The van der Waals surface area contributed by atoms with Crippen molar-refractivity contribution < 1.29 is 8.42 Å². The summed E-state index contributed by atoms with van der Waals surface area (Å²) in [5.74, 6) is 0.726. The Morgan fingerprint density at radius 1 is 0.875 bits per heavy atom. The molecule has 5 nitrogen and oxygen atoms in total. The number of para-hydroxylation sites is 1. The normalized spacial score (nSPS) is 11.0. The Morgan fingerprint density at radius 2 is 1.50 bits per heavy atom. The van der Waals surface area contributed by atoms with Gasteiger partial charge in [0.05, 0.1) is 16.8 Å². The monoisotopic (exact) mass is 339 g/mol. The summed E-state index contributed by atoms with van der Waals surface area (Å²) in [5, 5.41) is 0. The van der Waals surface area contributed by atoms with Gasteiger partial charge in [-0.2, -0.15) is 0 Å². The number of anilines is 3. The summed E-state index contributed by atoms with van der Waals surface area (Å²) >= 11 is 0. The molecule has 0 saturated heterocycles. The third-order valence-corrected chi connectivity index (χ3v) is 4.94. The third kappa shape index (κ3) is 3.55. The molecule has 2 aromatic carbocycles. The maximum absolute atomic E-state index is 12.3. The molecule has 0 aliphatic rings. The number of hydrogen-bond acceptors (Lipinski definition) is 4. The lowest BCUT2D eigenvalue weighted by Crippen LogP contribution is -2.14. The molecule has 0 aliphatic carbocycles. The molecule has 0 bridgehead atoms. The SMILES string of the molecule is CN(c1ccccc1)c1ccc(NS(=O)(=O)c2ccccc2)cn1. The summed E-state index contributed by atoms with van der Waals surface area (Å²) in [5.41, 5.74) is 1.42. The number of pyridine rings is 1. The highest BCUT2D eigenvalue weighted by atomic mass is 32.2. The van der Waals surface area contributed by atoms with E-state index in [9.17, 15) is 8.42 Å². The minimum Gasteiger partial charge on any atom is -0.329 e. The summed E-state index contributed by atoms with van der Waals surface area (Å²) in [6, 6.07) is 21.5. The van der Waals surface area contributed by atoms with Crippen LogP contribution in [0.25, 0.3) is 0 Å². The Hall–Kier alpha value is -2.86. The van der Waals surface area contributed by atoms with Crippen molar-refractivity contribution in [3.8, 4) is 0 Å². The van der Waals surface area contributed by atoms with E-state index < -0.39 is 10.0 Å². The lowest BCUT2D eigenvalue weighted by Gasteiger charge is -2.18. The fourth-order valence-corrected chi connectivity index (χ4v) is 3.31. The second-order valence-electron chi connectivity index (χ2n) is 5.22. The van der Waals surface area contributed by atoms with E-state index in [2.05, 4.69) is 9.71 Å². The molecular weight excluding hydrogens is 322 g/mol. The summed E-state index contributed by atoms with van der Waals surface area (Å²) in [6.45, 7) is 0. The van der Waals surface area contributed by atoms with Gasteiger partial charge in [-0.3, -0.25) is 4.72 Å². The first-order valence-electron chi connectivity index (χ1n) is 7.39. The van der Waals surface area contributed by atoms with E-state index in [1.807, 2.05) is 42.3 Å². The van der Waals surface area contributed by atoms with Gasteiger partial charge in [0.15, 0.2) is 0 Å². The van der Waals surface area contributed by atoms with Crippen LogP contribution in [0.1, 0.15) is 0 Å². The summed E-state index contributed by atoms with van der Waals surface area (Å²) < 4.78 is 27.1. The van der Waals surface area contributed by atoms with Crippen LogP contribution in [0.15, 0.2) is 83.9 Å². The highest BCUT2D eigenvalue weighted by Crippen LogP contribution is 2.23. The van der Waals surface area contributed by atoms with Gasteiger partial charge in [-0.05, 0) is 36.4 Å². The van der Waals surface area contributed by atoms with E-state index in [-0.39, 0.29) is 4.90 Å². The van der Waals surface area contributed by atoms with Crippen LogP contribution in [0, 0.1) is 0 Å². The standard InChI is InChI=1S/C18H17N3O2S/c1-21(16-8-4-2-5-9-16)18-13-12-15(14-19-18)20-24(22,23)17-10-6-3-7-11-17/h2-14,20H,1H3. The van der Waals surface area contributed by atoms with Crippen LogP contribution in [-0.4, -0.2) is 20.4 Å².